The van der Waals surface area contributed by atoms with Crippen molar-refractivity contribution >= 4 is 0 Å². The molecule has 2 fully saturated rings. The molecule has 0 saturated heterocycles. The van der Waals surface area contributed by atoms with E-state index in [1.165, 1.54) is 24.8 Å². The second-order valence-electron chi connectivity index (χ2n) is 5.21. The smallest absolute Gasteiger partial charge is 0.0149 e. The van der Waals surface area contributed by atoms with E-state index in [4.69, 9.17) is 0 Å². The predicted molar refractivity (Wildman–Crippen MR) is 48.4 cm³/mol. The minimum atomic E-state index is 0.532. The van der Waals surface area contributed by atoms with Gasteiger partial charge in [-0.2, -0.15) is 0 Å². The fraction of sp³-hybridized carbons (Fsp3) is 0.818. The van der Waals surface area contributed by atoms with E-state index in [1.54, 1.807) is 0 Å². The Hall–Kier alpha value is -0.260. The lowest BCUT2D eigenvalue weighted by Crippen LogP contribution is -2.26. The standard InChI is InChI=1S/C11H18/c1-8-7-11(4)6-5-9(8)10(11,2)3/h9H,1,5-7H2,2-4H3. The van der Waals surface area contributed by atoms with Gasteiger partial charge in [-0.1, -0.05) is 32.9 Å². The van der Waals surface area contributed by atoms with Gasteiger partial charge in [0.1, 0.15) is 0 Å². The molecular formula is C11H18. The normalized spacial score (nSPS) is 46.8. The van der Waals surface area contributed by atoms with Gasteiger partial charge in [0, 0.05) is 0 Å². The van der Waals surface area contributed by atoms with Crippen molar-refractivity contribution in [2.75, 3.05) is 0 Å². The molecule has 0 heterocycles. The zero-order valence-electron chi connectivity index (χ0n) is 7.91. The molecule has 0 N–H and O–H groups in total. The van der Waals surface area contributed by atoms with E-state index in [9.17, 15) is 0 Å². The Balaban J connectivity index is 2.45. The van der Waals surface area contributed by atoms with E-state index < -0.39 is 0 Å². The molecule has 11 heavy (non-hydrogen) atoms. The highest BCUT2D eigenvalue weighted by Gasteiger charge is 2.57. The second-order valence-corrected chi connectivity index (χ2v) is 5.21. The molecule has 2 saturated carbocycles. The van der Waals surface area contributed by atoms with Crippen LogP contribution < -0.4 is 0 Å². The van der Waals surface area contributed by atoms with Gasteiger partial charge in [0.05, 0.1) is 0 Å². The molecule has 2 bridgehead atoms. The molecule has 2 aliphatic carbocycles. The van der Waals surface area contributed by atoms with Crippen molar-refractivity contribution < 1.29 is 0 Å². The molecule has 2 aliphatic rings. The maximum atomic E-state index is 4.18. The van der Waals surface area contributed by atoms with Crippen LogP contribution in [0.5, 0.6) is 0 Å². The summed E-state index contributed by atoms with van der Waals surface area (Å²) in [6.07, 6.45) is 4.09. The molecule has 2 atom stereocenters. The Morgan fingerprint density at radius 1 is 1.36 bits per heavy atom. The number of allylic oxidation sites excluding steroid dienone is 1. The SMILES string of the molecule is C=C1CC2(C)CCC1C2(C)C. The third-order valence-electron chi connectivity index (χ3n) is 4.52. The Kier molecular flexibility index (Phi) is 1.16. The van der Waals surface area contributed by atoms with Crippen LogP contribution >= 0.6 is 0 Å². The van der Waals surface area contributed by atoms with Crippen LogP contribution in [0.2, 0.25) is 0 Å². The molecule has 2 rings (SSSR count). The number of hydrogen-bond donors (Lipinski definition) is 0. The van der Waals surface area contributed by atoms with E-state index in [1.807, 2.05) is 0 Å². The largest absolute Gasteiger partial charge is 0.0995 e. The van der Waals surface area contributed by atoms with E-state index in [0.717, 1.165) is 5.92 Å². The quantitative estimate of drug-likeness (QED) is 0.464. The van der Waals surface area contributed by atoms with Gasteiger partial charge in [-0.15, -0.1) is 0 Å². The van der Waals surface area contributed by atoms with Gasteiger partial charge in [-0.3, -0.25) is 0 Å². The van der Waals surface area contributed by atoms with Gasteiger partial charge in [0.2, 0.25) is 0 Å². The summed E-state index contributed by atoms with van der Waals surface area (Å²) in [5.41, 5.74) is 2.63. The van der Waals surface area contributed by atoms with Gasteiger partial charge in [0.25, 0.3) is 0 Å². The monoisotopic (exact) mass is 150 g/mol. The van der Waals surface area contributed by atoms with Gasteiger partial charge < -0.3 is 0 Å². The maximum Gasteiger partial charge on any atom is -0.0149 e. The van der Waals surface area contributed by atoms with Crippen LogP contribution in [0, 0.1) is 16.7 Å². The minimum Gasteiger partial charge on any atom is -0.0995 e. The molecule has 0 heteroatoms. The fourth-order valence-electron chi connectivity index (χ4n) is 3.22. The Labute approximate surface area is 69.7 Å². The molecule has 2 unspecified atom stereocenters. The van der Waals surface area contributed by atoms with Gasteiger partial charge >= 0.3 is 0 Å². The van der Waals surface area contributed by atoms with Crippen LogP contribution in [0.3, 0.4) is 0 Å². The van der Waals surface area contributed by atoms with Crippen LogP contribution in [0.25, 0.3) is 0 Å². The Bertz CT molecular complexity index is 209. The average molecular weight is 150 g/mol. The first-order chi connectivity index (χ1) is 4.97. The highest BCUT2D eigenvalue weighted by atomic mass is 14.6. The zero-order chi connectivity index (χ0) is 8.28. The first-order valence-corrected chi connectivity index (χ1v) is 4.65. The fourth-order valence-corrected chi connectivity index (χ4v) is 3.22. The zero-order valence-corrected chi connectivity index (χ0v) is 7.91. The highest BCUT2D eigenvalue weighted by molar-refractivity contribution is 5.24. The summed E-state index contributed by atoms with van der Waals surface area (Å²) in [5.74, 6) is 0.826. The maximum absolute atomic E-state index is 4.18. The average Bonchev–Trinajstić information content (AvgIpc) is 2.13. The summed E-state index contributed by atoms with van der Waals surface area (Å²) < 4.78 is 0. The lowest BCUT2D eigenvalue weighted by Gasteiger charge is -2.33. The number of rotatable bonds is 0. The van der Waals surface area contributed by atoms with Crippen LogP contribution in [-0.2, 0) is 0 Å². The van der Waals surface area contributed by atoms with Gasteiger partial charge in [0.15, 0.2) is 0 Å². The first kappa shape index (κ1) is 7.39. The van der Waals surface area contributed by atoms with Crippen molar-refractivity contribution in [3.63, 3.8) is 0 Å². The van der Waals surface area contributed by atoms with Crippen LogP contribution in [0.1, 0.15) is 40.0 Å². The van der Waals surface area contributed by atoms with E-state index >= 15 is 0 Å². The summed E-state index contributed by atoms with van der Waals surface area (Å²) in [7, 11) is 0. The molecule has 0 spiro atoms. The van der Waals surface area contributed by atoms with Crippen molar-refractivity contribution in [2.45, 2.75) is 40.0 Å². The van der Waals surface area contributed by atoms with Crippen molar-refractivity contribution in [2.24, 2.45) is 16.7 Å². The molecular weight excluding hydrogens is 132 g/mol. The van der Waals surface area contributed by atoms with E-state index in [0.29, 0.717) is 10.8 Å². The van der Waals surface area contributed by atoms with Gasteiger partial charge in [-0.05, 0) is 36.0 Å². The second kappa shape index (κ2) is 1.73. The topological polar surface area (TPSA) is 0 Å². The van der Waals surface area contributed by atoms with Crippen molar-refractivity contribution in [3.05, 3.63) is 12.2 Å². The highest BCUT2D eigenvalue weighted by Crippen LogP contribution is 2.67. The summed E-state index contributed by atoms with van der Waals surface area (Å²) in [6, 6.07) is 0. The Morgan fingerprint density at radius 2 is 2.00 bits per heavy atom. The molecule has 0 nitrogen and oxygen atoms in total. The van der Waals surface area contributed by atoms with Crippen LogP contribution in [-0.4, -0.2) is 0 Å². The molecule has 0 aliphatic heterocycles. The molecule has 0 aromatic heterocycles. The summed E-state index contributed by atoms with van der Waals surface area (Å²) in [6.45, 7) is 11.5. The summed E-state index contributed by atoms with van der Waals surface area (Å²) in [4.78, 5) is 0. The lowest BCUT2D eigenvalue weighted by atomic mass is 9.71. The van der Waals surface area contributed by atoms with E-state index in [-0.39, 0.29) is 0 Å². The van der Waals surface area contributed by atoms with Crippen LogP contribution in [0.4, 0.5) is 0 Å². The molecule has 0 amide bonds. The Morgan fingerprint density at radius 3 is 2.18 bits per heavy atom. The molecule has 0 radical (unpaired) electrons. The van der Waals surface area contributed by atoms with E-state index in [2.05, 4.69) is 27.4 Å². The van der Waals surface area contributed by atoms with Crippen molar-refractivity contribution in [3.8, 4) is 0 Å². The summed E-state index contributed by atoms with van der Waals surface area (Å²) in [5, 5.41) is 0. The predicted octanol–water partition coefficient (Wildman–Crippen LogP) is 3.39. The molecule has 62 valence electrons. The summed E-state index contributed by atoms with van der Waals surface area (Å²) >= 11 is 0. The lowest BCUT2D eigenvalue weighted by molar-refractivity contribution is 0.152. The first-order valence-electron chi connectivity index (χ1n) is 4.65. The van der Waals surface area contributed by atoms with Crippen LogP contribution in [0.15, 0.2) is 12.2 Å². The number of fused-ring (bicyclic) bond motifs is 2. The number of hydrogen-bond acceptors (Lipinski definition) is 0. The third kappa shape index (κ3) is 0.660. The van der Waals surface area contributed by atoms with Crippen molar-refractivity contribution in [1.29, 1.82) is 0 Å². The third-order valence-corrected chi connectivity index (χ3v) is 4.52. The molecule has 0 aromatic rings. The van der Waals surface area contributed by atoms with Gasteiger partial charge in [-0.25, -0.2) is 0 Å². The molecule has 0 aromatic carbocycles. The minimum absolute atomic E-state index is 0.532. The van der Waals surface area contributed by atoms with Crippen molar-refractivity contribution in [1.82, 2.24) is 0 Å².